The van der Waals surface area contributed by atoms with Crippen molar-refractivity contribution < 1.29 is 38.2 Å². The van der Waals surface area contributed by atoms with Gasteiger partial charge in [-0.15, -0.1) is 0 Å². The summed E-state index contributed by atoms with van der Waals surface area (Å²) in [5.74, 6) is -2.41. The Morgan fingerprint density at radius 1 is 0.839 bits per heavy atom. The summed E-state index contributed by atoms with van der Waals surface area (Å²) >= 11 is 0. The van der Waals surface area contributed by atoms with Gasteiger partial charge < -0.3 is 39.5 Å². The van der Waals surface area contributed by atoms with Gasteiger partial charge in [-0.1, -0.05) is 85.2 Å². The first-order chi connectivity index (χ1) is 29.4. The van der Waals surface area contributed by atoms with Crippen LogP contribution in [0, 0.1) is 23.7 Å². The third-order valence-electron chi connectivity index (χ3n) is 13.3. The second-order valence-electron chi connectivity index (χ2n) is 18.4. The van der Waals surface area contributed by atoms with Crippen molar-refractivity contribution in [3.63, 3.8) is 0 Å². The molecule has 0 unspecified atom stereocenters. The molecule has 0 bridgehead atoms. The molecule has 3 rings (SSSR count). The van der Waals surface area contributed by atoms with Gasteiger partial charge in [0.05, 0.1) is 49.8 Å². The van der Waals surface area contributed by atoms with Gasteiger partial charge in [0.1, 0.15) is 12.1 Å². The summed E-state index contributed by atoms with van der Waals surface area (Å²) in [5.41, 5.74) is 0.877. The zero-order valence-electron chi connectivity index (χ0n) is 40.2. The number of ether oxygens (including phenoxy) is 3. The number of nitrogens with zero attached hydrogens (tertiary/aromatic N) is 5. The van der Waals surface area contributed by atoms with E-state index >= 15 is 0 Å². The quantitative estimate of drug-likeness (QED) is 0.148. The highest BCUT2D eigenvalue weighted by Gasteiger charge is 2.43. The Bertz CT molecular complexity index is 1560. The topological polar surface area (TPSA) is 153 Å². The molecule has 2 aliphatic rings. The highest BCUT2D eigenvalue weighted by Crippen LogP contribution is 2.30. The third kappa shape index (κ3) is 14.4. The first-order valence-corrected chi connectivity index (χ1v) is 22.9. The average Bonchev–Trinajstić information content (AvgIpc) is 3.74. The zero-order valence-corrected chi connectivity index (χ0v) is 40.2. The molecule has 2 heterocycles. The molecular formula is C47H81N7O8. The molecule has 0 radical (unpaired) electrons. The van der Waals surface area contributed by atoms with E-state index in [1.807, 2.05) is 72.0 Å². The number of methoxy groups -OCH3 is 3. The summed E-state index contributed by atoms with van der Waals surface area (Å²) in [5, 5.41) is 6.03. The Morgan fingerprint density at radius 3 is 2.03 bits per heavy atom. The predicted octanol–water partition coefficient (Wildman–Crippen LogP) is 3.15. The third-order valence-corrected chi connectivity index (χ3v) is 13.3. The lowest BCUT2D eigenvalue weighted by molar-refractivity contribution is -0.149. The molecule has 352 valence electrons. The lowest BCUT2D eigenvalue weighted by Gasteiger charge is -2.41. The second-order valence-corrected chi connectivity index (χ2v) is 18.4. The van der Waals surface area contributed by atoms with E-state index in [0.717, 1.165) is 57.7 Å². The lowest BCUT2D eigenvalue weighted by Crippen LogP contribution is -2.60. The molecule has 1 aromatic carbocycles. The smallest absolute Gasteiger partial charge is 0.328 e. The van der Waals surface area contributed by atoms with Crippen LogP contribution < -0.4 is 10.6 Å². The Hall–Kier alpha value is -3.63. The minimum absolute atomic E-state index is 0.00432. The van der Waals surface area contributed by atoms with Crippen LogP contribution in [0.2, 0.25) is 0 Å². The van der Waals surface area contributed by atoms with E-state index < -0.39 is 54.3 Å². The average molecular weight is 872 g/mol. The van der Waals surface area contributed by atoms with Crippen molar-refractivity contribution in [1.29, 1.82) is 0 Å². The van der Waals surface area contributed by atoms with Crippen molar-refractivity contribution in [3.05, 3.63) is 35.9 Å². The maximum Gasteiger partial charge on any atom is 0.328 e. The van der Waals surface area contributed by atoms with Crippen molar-refractivity contribution in [2.24, 2.45) is 23.7 Å². The summed E-state index contributed by atoms with van der Waals surface area (Å²) in [7, 11) is 10.3. The standard InChI is InChI=1S/C47H81N7O8/c1-14-33(6)42(52(10)46(58)40(31(2)3)49-45(57)41(32(4)5)51(9)25-28-53-26-23-50(8)24-27-53)38(60-11)30-39(55)54-22-18-21-37(54)43(61-12)34(7)44(56)48-36(47(59)62-13)29-35-19-16-15-17-20-35/h15-17,19-20,31-34,36-38,40-43H,14,18,21-30H2,1-13H3,(H,48,56)(H,49,57)/t33-,34+,36-,37-,38+,40-,41-,42-,43+/m0/s1. The summed E-state index contributed by atoms with van der Waals surface area (Å²) < 4.78 is 17.1. The summed E-state index contributed by atoms with van der Waals surface area (Å²) in [6.45, 7) is 20.0. The first kappa shape index (κ1) is 52.7. The Kier molecular flexibility index (Phi) is 21.8. The summed E-state index contributed by atoms with van der Waals surface area (Å²) in [4.78, 5) is 79.9. The van der Waals surface area contributed by atoms with Crippen LogP contribution in [0.25, 0.3) is 0 Å². The molecule has 2 aliphatic heterocycles. The van der Waals surface area contributed by atoms with Gasteiger partial charge in [0, 0.05) is 73.5 Å². The van der Waals surface area contributed by atoms with Gasteiger partial charge in [0.25, 0.3) is 0 Å². The van der Waals surface area contributed by atoms with Crippen LogP contribution in [-0.2, 0) is 44.6 Å². The zero-order chi connectivity index (χ0) is 46.3. The molecule has 2 saturated heterocycles. The fourth-order valence-electron chi connectivity index (χ4n) is 9.29. The largest absolute Gasteiger partial charge is 0.467 e. The number of carbonyl (C=O) groups is 5. The van der Waals surface area contributed by atoms with E-state index in [9.17, 15) is 24.0 Å². The number of hydrogen-bond donors (Lipinski definition) is 2. The molecule has 9 atom stereocenters. The Morgan fingerprint density at radius 2 is 1.48 bits per heavy atom. The van der Waals surface area contributed by atoms with Crippen LogP contribution in [0.4, 0.5) is 0 Å². The molecule has 0 aliphatic carbocycles. The van der Waals surface area contributed by atoms with Gasteiger partial charge in [0.2, 0.25) is 23.6 Å². The molecule has 0 saturated carbocycles. The number of esters is 1. The molecule has 0 aromatic heterocycles. The molecule has 2 fully saturated rings. The number of rotatable bonds is 24. The molecule has 1 aromatic rings. The van der Waals surface area contributed by atoms with E-state index in [1.165, 1.54) is 14.2 Å². The summed E-state index contributed by atoms with van der Waals surface area (Å²) in [6.07, 6.45) is 1.06. The fraction of sp³-hybridized carbons (Fsp3) is 0.766. The molecule has 2 N–H and O–H groups in total. The number of likely N-dealkylation sites (tertiary alicyclic amines) is 1. The van der Waals surface area contributed by atoms with Gasteiger partial charge in [0.15, 0.2) is 0 Å². The fourth-order valence-corrected chi connectivity index (χ4v) is 9.29. The van der Waals surface area contributed by atoms with Crippen molar-refractivity contribution in [3.8, 4) is 0 Å². The van der Waals surface area contributed by atoms with Gasteiger partial charge in [-0.3, -0.25) is 29.0 Å². The summed E-state index contributed by atoms with van der Waals surface area (Å²) in [6, 6.07) is 6.43. The van der Waals surface area contributed by atoms with Crippen LogP contribution >= 0.6 is 0 Å². The molecule has 62 heavy (non-hydrogen) atoms. The number of amides is 4. The van der Waals surface area contributed by atoms with E-state index in [-0.39, 0.29) is 54.2 Å². The van der Waals surface area contributed by atoms with E-state index in [0.29, 0.717) is 13.0 Å². The van der Waals surface area contributed by atoms with Crippen molar-refractivity contribution in [2.75, 3.05) is 88.3 Å². The van der Waals surface area contributed by atoms with Gasteiger partial charge in [-0.2, -0.15) is 0 Å². The molecule has 0 spiro atoms. The second kappa shape index (κ2) is 25.6. The van der Waals surface area contributed by atoms with Crippen LogP contribution in [-0.4, -0.2) is 185 Å². The number of nitrogens with one attached hydrogen (secondary N) is 2. The highest BCUT2D eigenvalue weighted by molar-refractivity contribution is 5.90. The molecule has 15 heteroatoms. The predicted molar refractivity (Wildman–Crippen MR) is 242 cm³/mol. The normalized spacial score (nSPS) is 20.3. The molecule has 15 nitrogen and oxygen atoms in total. The number of carbonyl (C=O) groups excluding carboxylic acids is 5. The van der Waals surface area contributed by atoms with Crippen molar-refractivity contribution in [2.45, 2.75) is 123 Å². The number of hydrogen-bond acceptors (Lipinski definition) is 11. The molecule has 4 amide bonds. The van der Waals surface area contributed by atoms with Gasteiger partial charge in [-0.05, 0) is 50.3 Å². The Balaban J connectivity index is 1.75. The highest BCUT2D eigenvalue weighted by atomic mass is 16.5. The SMILES string of the molecule is CC[C@H](C)[C@@H]([C@@H](CC(=O)N1CCC[C@H]1[C@H](OC)[C@@H](C)C(=O)N[C@@H](Cc1ccccc1)C(=O)OC)OC)N(C)C(=O)[C@@H](NC(=O)[C@H](C(C)C)N(C)CCN1CCN(C)CC1)C(C)C. The number of likely N-dealkylation sites (N-methyl/N-ethyl adjacent to an activating group) is 3. The van der Waals surface area contributed by atoms with Crippen LogP contribution in [0.1, 0.15) is 79.7 Å². The maximum absolute atomic E-state index is 14.6. The Labute approximate surface area is 372 Å². The van der Waals surface area contributed by atoms with E-state index in [1.54, 1.807) is 30.9 Å². The maximum atomic E-state index is 14.6. The monoisotopic (exact) mass is 872 g/mol. The number of piperazine rings is 1. The number of benzene rings is 1. The van der Waals surface area contributed by atoms with E-state index in [2.05, 4.69) is 39.3 Å². The minimum atomic E-state index is -0.894. The van der Waals surface area contributed by atoms with Crippen molar-refractivity contribution >= 4 is 29.6 Å². The molecular weight excluding hydrogens is 791 g/mol. The van der Waals surface area contributed by atoms with Crippen LogP contribution in [0.3, 0.4) is 0 Å². The van der Waals surface area contributed by atoms with Gasteiger partial charge >= 0.3 is 5.97 Å². The lowest BCUT2D eigenvalue weighted by atomic mass is 9.89. The van der Waals surface area contributed by atoms with Gasteiger partial charge in [-0.25, -0.2) is 4.79 Å². The first-order valence-electron chi connectivity index (χ1n) is 22.9. The van der Waals surface area contributed by atoms with Crippen LogP contribution in [0.5, 0.6) is 0 Å². The van der Waals surface area contributed by atoms with Crippen LogP contribution in [0.15, 0.2) is 30.3 Å². The van der Waals surface area contributed by atoms with Crippen molar-refractivity contribution in [1.82, 2.24) is 35.1 Å². The minimum Gasteiger partial charge on any atom is -0.467 e. The van der Waals surface area contributed by atoms with E-state index in [4.69, 9.17) is 14.2 Å².